The Morgan fingerprint density at radius 2 is 1.67 bits per heavy atom. The molecular weight excluding hydrogens is 372 g/mol. The first-order valence-electron chi connectivity index (χ1n) is 7.95. The molecule has 0 fully saturated rings. The van der Waals surface area contributed by atoms with Crippen molar-refractivity contribution < 1.29 is 27.5 Å². The molecule has 2 rings (SSSR count). The van der Waals surface area contributed by atoms with E-state index in [-0.39, 0.29) is 17.0 Å². The van der Waals surface area contributed by atoms with E-state index in [1.807, 2.05) is 0 Å². The van der Waals surface area contributed by atoms with Crippen molar-refractivity contribution in [3.8, 4) is 11.5 Å². The average molecular weight is 394 g/mol. The highest BCUT2D eigenvalue weighted by Gasteiger charge is 2.21. The van der Waals surface area contributed by atoms with Crippen LogP contribution in [0, 0.1) is 0 Å². The predicted octanol–water partition coefficient (Wildman–Crippen LogP) is 1.82. The lowest BCUT2D eigenvalue weighted by Crippen LogP contribution is -2.27. The molecule has 1 amide bonds. The second-order valence-corrected chi connectivity index (χ2v) is 7.46. The number of ether oxygens (including phenoxy) is 2. The molecule has 0 spiro atoms. The molecule has 0 aliphatic heterocycles. The Morgan fingerprint density at radius 3 is 2.22 bits per heavy atom. The second kappa shape index (κ2) is 8.85. The molecule has 0 bridgehead atoms. The number of carbonyl (C=O) groups excluding carboxylic acids is 1. The fraction of sp³-hybridized carbons (Fsp3) is 0.278. The smallest absolute Gasteiger partial charge is 0.264 e. The first kappa shape index (κ1) is 20.7. The maximum atomic E-state index is 12.4. The van der Waals surface area contributed by atoms with Crippen LogP contribution in [0.15, 0.2) is 47.4 Å². The van der Waals surface area contributed by atoms with Gasteiger partial charge in [-0.05, 0) is 35.9 Å². The Hall–Kier alpha value is -2.62. The number of hydrogen-bond donors (Lipinski definition) is 1. The number of nitrogens with one attached hydrogen (secondary N) is 1. The van der Waals surface area contributed by atoms with Crippen LogP contribution in [0.5, 0.6) is 11.5 Å². The zero-order valence-electron chi connectivity index (χ0n) is 15.6. The molecule has 9 heteroatoms. The number of sulfonamides is 1. The van der Waals surface area contributed by atoms with Crippen LogP contribution >= 0.6 is 0 Å². The summed E-state index contributed by atoms with van der Waals surface area (Å²) in [4.78, 5) is 17.1. The monoisotopic (exact) mass is 394 g/mol. The molecule has 2 aromatic rings. The van der Waals surface area contributed by atoms with Crippen LogP contribution in [0.4, 0.5) is 0 Å². The van der Waals surface area contributed by atoms with Crippen molar-refractivity contribution in [1.82, 2.24) is 9.79 Å². The van der Waals surface area contributed by atoms with Crippen LogP contribution in [0.1, 0.15) is 15.9 Å². The van der Waals surface area contributed by atoms with Gasteiger partial charge < -0.3 is 14.8 Å². The van der Waals surface area contributed by atoms with Crippen molar-refractivity contribution in [1.29, 1.82) is 0 Å². The van der Waals surface area contributed by atoms with E-state index in [2.05, 4.69) is 5.32 Å². The van der Waals surface area contributed by atoms with E-state index in [0.29, 0.717) is 11.5 Å². The van der Waals surface area contributed by atoms with Gasteiger partial charge in [-0.1, -0.05) is 10.5 Å². The predicted molar refractivity (Wildman–Crippen MR) is 99.1 cm³/mol. The Kier molecular flexibility index (Phi) is 6.78. The number of carbonyl (C=O) groups is 1. The van der Waals surface area contributed by atoms with E-state index in [1.165, 1.54) is 38.4 Å². The van der Waals surface area contributed by atoms with E-state index in [1.54, 1.807) is 32.4 Å². The Labute approximate surface area is 158 Å². The topological polar surface area (TPSA) is 94.2 Å². The van der Waals surface area contributed by atoms with Gasteiger partial charge in [0.2, 0.25) is 0 Å². The fourth-order valence-electron chi connectivity index (χ4n) is 2.30. The molecule has 0 aromatic heterocycles. The molecule has 146 valence electrons. The van der Waals surface area contributed by atoms with Crippen molar-refractivity contribution in [2.75, 3.05) is 28.4 Å². The minimum Gasteiger partial charge on any atom is -0.497 e. The summed E-state index contributed by atoms with van der Waals surface area (Å²) >= 11 is 0. The summed E-state index contributed by atoms with van der Waals surface area (Å²) in [5.41, 5.74) is 0.998. The van der Waals surface area contributed by atoms with Crippen molar-refractivity contribution in [3.05, 3.63) is 53.6 Å². The molecule has 0 heterocycles. The van der Waals surface area contributed by atoms with E-state index in [9.17, 15) is 13.2 Å². The average Bonchev–Trinajstić information content (AvgIpc) is 2.70. The lowest BCUT2D eigenvalue weighted by Gasteiger charge is -2.14. The molecule has 8 nitrogen and oxygen atoms in total. The summed E-state index contributed by atoms with van der Waals surface area (Å²) < 4.78 is 35.7. The van der Waals surface area contributed by atoms with Crippen LogP contribution in [0.3, 0.4) is 0 Å². The Bertz CT molecular complexity index is 892. The van der Waals surface area contributed by atoms with E-state index in [0.717, 1.165) is 10.0 Å². The zero-order valence-corrected chi connectivity index (χ0v) is 16.4. The normalized spacial score (nSPS) is 11.3. The highest BCUT2D eigenvalue weighted by molar-refractivity contribution is 7.89. The Morgan fingerprint density at radius 1 is 1.04 bits per heavy atom. The molecule has 0 aliphatic rings. The van der Waals surface area contributed by atoms with Crippen molar-refractivity contribution >= 4 is 15.9 Å². The molecule has 0 saturated carbocycles. The molecule has 27 heavy (non-hydrogen) atoms. The molecule has 1 N–H and O–H groups in total. The molecule has 0 atom stereocenters. The van der Waals surface area contributed by atoms with E-state index in [4.69, 9.17) is 14.3 Å². The van der Waals surface area contributed by atoms with Gasteiger partial charge in [-0.2, -0.15) is 0 Å². The molecule has 0 saturated heterocycles. The number of amides is 1. The van der Waals surface area contributed by atoms with Gasteiger partial charge in [0, 0.05) is 25.2 Å². The first-order valence-corrected chi connectivity index (χ1v) is 9.39. The summed E-state index contributed by atoms with van der Waals surface area (Å²) in [5, 5.41) is 2.75. The van der Waals surface area contributed by atoms with E-state index < -0.39 is 15.9 Å². The Balaban J connectivity index is 2.17. The third-order valence-electron chi connectivity index (χ3n) is 3.85. The maximum absolute atomic E-state index is 12.4. The van der Waals surface area contributed by atoms with Gasteiger partial charge in [-0.15, -0.1) is 0 Å². The van der Waals surface area contributed by atoms with Crippen LogP contribution in [-0.4, -0.2) is 47.2 Å². The highest BCUT2D eigenvalue weighted by Crippen LogP contribution is 2.22. The molecular formula is C18H22N2O6S. The van der Waals surface area contributed by atoms with Crippen molar-refractivity contribution in [2.45, 2.75) is 11.4 Å². The van der Waals surface area contributed by atoms with Gasteiger partial charge in [0.1, 0.15) is 11.5 Å². The van der Waals surface area contributed by atoms with Gasteiger partial charge in [0.25, 0.3) is 15.9 Å². The first-order chi connectivity index (χ1) is 12.8. The second-order valence-electron chi connectivity index (χ2n) is 5.53. The molecule has 0 unspecified atom stereocenters. The lowest BCUT2D eigenvalue weighted by molar-refractivity contribution is -0.0258. The number of methoxy groups -OCH3 is 2. The van der Waals surface area contributed by atoms with Gasteiger partial charge in [-0.3, -0.25) is 9.63 Å². The zero-order chi connectivity index (χ0) is 20.0. The van der Waals surface area contributed by atoms with Crippen molar-refractivity contribution in [3.63, 3.8) is 0 Å². The summed E-state index contributed by atoms with van der Waals surface area (Å²) in [6.07, 6.45) is 0. The number of benzene rings is 2. The summed E-state index contributed by atoms with van der Waals surface area (Å²) in [6, 6.07) is 11.0. The lowest BCUT2D eigenvalue weighted by atomic mass is 10.1. The molecule has 0 radical (unpaired) electrons. The quantitative estimate of drug-likeness (QED) is 0.687. The third-order valence-corrected chi connectivity index (χ3v) is 5.53. The van der Waals surface area contributed by atoms with Crippen LogP contribution in [0.25, 0.3) is 0 Å². The van der Waals surface area contributed by atoms with Crippen LogP contribution in [-0.2, 0) is 21.4 Å². The summed E-state index contributed by atoms with van der Waals surface area (Å²) in [7, 11) is 1.77. The minimum atomic E-state index is -3.83. The summed E-state index contributed by atoms with van der Waals surface area (Å²) in [6.45, 7) is 0.224. The number of hydroxylamine groups is 1. The maximum Gasteiger partial charge on any atom is 0.264 e. The highest BCUT2D eigenvalue weighted by atomic mass is 32.2. The summed E-state index contributed by atoms with van der Waals surface area (Å²) in [5.74, 6) is 0.803. The fourth-order valence-corrected chi connectivity index (χ4v) is 3.32. The van der Waals surface area contributed by atoms with Gasteiger partial charge in [0.05, 0.1) is 26.2 Å². The van der Waals surface area contributed by atoms with Crippen LogP contribution in [0.2, 0.25) is 0 Å². The molecule has 0 aliphatic carbocycles. The molecule has 2 aromatic carbocycles. The third kappa shape index (κ3) is 4.97. The number of nitrogens with zero attached hydrogens (tertiary/aromatic N) is 1. The van der Waals surface area contributed by atoms with Crippen molar-refractivity contribution in [2.24, 2.45) is 0 Å². The van der Waals surface area contributed by atoms with Gasteiger partial charge >= 0.3 is 0 Å². The largest absolute Gasteiger partial charge is 0.497 e. The number of rotatable bonds is 8. The number of hydrogen-bond acceptors (Lipinski definition) is 6. The standard InChI is InChI=1S/C18H22N2O6S/c1-20(26-4)27(22,23)17-7-5-6-14(10-17)18(21)19-12-13-8-15(24-2)11-16(9-13)25-3/h5-11H,12H2,1-4H3,(H,19,21). The van der Waals surface area contributed by atoms with Gasteiger partial charge in [0.15, 0.2) is 0 Å². The van der Waals surface area contributed by atoms with Crippen LogP contribution < -0.4 is 14.8 Å². The minimum absolute atomic E-state index is 0.0393. The SMILES string of the molecule is COc1cc(CNC(=O)c2cccc(S(=O)(=O)N(C)OC)c2)cc(OC)c1. The van der Waals surface area contributed by atoms with Gasteiger partial charge in [-0.25, -0.2) is 8.42 Å². The van der Waals surface area contributed by atoms with E-state index >= 15 is 0 Å².